The highest BCUT2D eigenvalue weighted by Crippen LogP contribution is 2.23. The molecule has 0 spiro atoms. The average molecular weight is 243 g/mol. The van der Waals surface area contributed by atoms with E-state index in [9.17, 15) is 0 Å². The second-order valence-electron chi connectivity index (χ2n) is 5.00. The molecule has 1 saturated heterocycles. The van der Waals surface area contributed by atoms with Crippen LogP contribution in [0.1, 0.15) is 53.4 Å². The van der Waals surface area contributed by atoms with Crippen LogP contribution in [0.4, 0.5) is 0 Å². The van der Waals surface area contributed by atoms with E-state index in [1.54, 1.807) is 0 Å². The van der Waals surface area contributed by atoms with Crippen molar-refractivity contribution in [2.45, 2.75) is 71.8 Å². The monoisotopic (exact) mass is 243 g/mol. The van der Waals surface area contributed by atoms with Crippen LogP contribution in [0.5, 0.6) is 0 Å². The van der Waals surface area contributed by atoms with Gasteiger partial charge in [0, 0.05) is 38.3 Å². The third kappa shape index (κ3) is 4.94. The average Bonchev–Trinajstić information content (AvgIpc) is 2.29. The molecule has 0 unspecified atom stereocenters. The molecule has 3 nitrogen and oxygen atoms in total. The zero-order valence-corrected chi connectivity index (χ0v) is 11.9. The number of hydrogen-bond acceptors (Lipinski definition) is 3. The van der Waals surface area contributed by atoms with Crippen LogP contribution in [-0.4, -0.2) is 43.0 Å². The molecule has 1 aliphatic heterocycles. The standard InChI is InChI=1S/C14H29NO2/c1-5-16-14(17-6-2)10-11-15-12(3)8-7-9-13(15)4/h12-14H,5-11H2,1-4H3/t12-,13+. The molecule has 102 valence electrons. The normalized spacial score (nSPS) is 26.6. The maximum Gasteiger partial charge on any atom is 0.158 e. The minimum Gasteiger partial charge on any atom is -0.353 e. The Labute approximate surface area is 106 Å². The summed E-state index contributed by atoms with van der Waals surface area (Å²) in [6.45, 7) is 11.3. The lowest BCUT2D eigenvalue weighted by molar-refractivity contribution is -0.143. The van der Waals surface area contributed by atoms with E-state index in [0.717, 1.165) is 26.2 Å². The van der Waals surface area contributed by atoms with E-state index in [4.69, 9.17) is 9.47 Å². The summed E-state index contributed by atoms with van der Waals surface area (Å²) in [6, 6.07) is 1.42. The molecule has 0 aromatic rings. The predicted octanol–water partition coefficient (Wildman–Crippen LogP) is 3.04. The molecule has 2 atom stereocenters. The van der Waals surface area contributed by atoms with Crippen molar-refractivity contribution in [2.24, 2.45) is 0 Å². The van der Waals surface area contributed by atoms with Crippen LogP contribution in [0, 0.1) is 0 Å². The highest BCUT2D eigenvalue weighted by atomic mass is 16.7. The highest BCUT2D eigenvalue weighted by Gasteiger charge is 2.25. The van der Waals surface area contributed by atoms with Gasteiger partial charge in [0.15, 0.2) is 6.29 Å². The van der Waals surface area contributed by atoms with Crippen molar-refractivity contribution in [3.63, 3.8) is 0 Å². The Morgan fingerprint density at radius 2 is 1.59 bits per heavy atom. The number of piperidine rings is 1. The van der Waals surface area contributed by atoms with E-state index in [-0.39, 0.29) is 6.29 Å². The Morgan fingerprint density at radius 3 is 2.06 bits per heavy atom. The zero-order valence-electron chi connectivity index (χ0n) is 11.9. The Bertz CT molecular complexity index is 183. The van der Waals surface area contributed by atoms with E-state index in [0.29, 0.717) is 12.1 Å². The molecule has 0 saturated carbocycles. The van der Waals surface area contributed by atoms with Gasteiger partial charge in [-0.1, -0.05) is 6.42 Å². The second kappa shape index (κ2) is 8.06. The Kier molecular flexibility index (Phi) is 7.09. The van der Waals surface area contributed by atoms with Crippen molar-refractivity contribution in [3.05, 3.63) is 0 Å². The van der Waals surface area contributed by atoms with Gasteiger partial charge in [0.1, 0.15) is 0 Å². The fourth-order valence-corrected chi connectivity index (χ4v) is 2.76. The first kappa shape index (κ1) is 14.9. The Hall–Kier alpha value is -0.120. The third-order valence-electron chi connectivity index (χ3n) is 3.70. The number of ether oxygens (including phenoxy) is 2. The molecule has 0 bridgehead atoms. The molecular weight excluding hydrogens is 214 g/mol. The fourth-order valence-electron chi connectivity index (χ4n) is 2.76. The van der Waals surface area contributed by atoms with E-state index in [1.807, 2.05) is 13.8 Å². The van der Waals surface area contributed by atoms with Gasteiger partial charge in [-0.2, -0.15) is 0 Å². The van der Waals surface area contributed by atoms with Gasteiger partial charge in [0.25, 0.3) is 0 Å². The fraction of sp³-hybridized carbons (Fsp3) is 1.00. The molecule has 1 fully saturated rings. The van der Waals surface area contributed by atoms with Crippen molar-refractivity contribution in [3.8, 4) is 0 Å². The van der Waals surface area contributed by atoms with Gasteiger partial charge in [0.05, 0.1) is 0 Å². The lowest BCUT2D eigenvalue weighted by atomic mass is 9.97. The molecule has 17 heavy (non-hydrogen) atoms. The molecule has 0 amide bonds. The summed E-state index contributed by atoms with van der Waals surface area (Å²) in [6.07, 6.45) is 5.00. The number of rotatable bonds is 7. The largest absolute Gasteiger partial charge is 0.353 e. The molecule has 0 aromatic carbocycles. The summed E-state index contributed by atoms with van der Waals surface area (Å²) in [7, 11) is 0. The molecule has 0 radical (unpaired) electrons. The van der Waals surface area contributed by atoms with Gasteiger partial charge in [0.2, 0.25) is 0 Å². The van der Waals surface area contributed by atoms with Gasteiger partial charge >= 0.3 is 0 Å². The maximum atomic E-state index is 5.60. The van der Waals surface area contributed by atoms with Crippen LogP contribution in [0.3, 0.4) is 0 Å². The summed E-state index contributed by atoms with van der Waals surface area (Å²) in [5, 5.41) is 0. The lowest BCUT2D eigenvalue weighted by Crippen LogP contribution is -2.45. The topological polar surface area (TPSA) is 21.7 Å². The molecule has 0 aliphatic carbocycles. The SMILES string of the molecule is CCOC(CCN1[C@H](C)CCC[C@@H]1C)OCC. The third-order valence-corrected chi connectivity index (χ3v) is 3.70. The number of hydrogen-bond donors (Lipinski definition) is 0. The van der Waals surface area contributed by atoms with Gasteiger partial charge in [-0.05, 0) is 40.5 Å². The van der Waals surface area contributed by atoms with E-state index in [2.05, 4.69) is 18.7 Å². The van der Waals surface area contributed by atoms with Gasteiger partial charge in [-0.25, -0.2) is 0 Å². The molecule has 1 rings (SSSR count). The Balaban J connectivity index is 2.35. The molecule has 0 aromatic heterocycles. The summed E-state index contributed by atoms with van der Waals surface area (Å²) in [4.78, 5) is 2.61. The van der Waals surface area contributed by atoms with E-state index in [1.165, 1.54) is 19.3 Å². The number of likely N-dealkylation sites (tertiary alicyclic amines) is 1. The molecule has 1 aliphatic rings. The quantitative estimate of drug-likeness (QED) is 0.642. The first-order valence-corrected chi connectivity index (χ1v) is 7.18. The lowest BCUT2D eigenvalue weighted by Gasteiger charge is -2.39. The van der Waals surface area contributed by atoms with Crippen LogP contribution in [-0.2, 0) is 9.47 Å². The smallest absolute Gasteiger partial charge is 0.158 e. The van der Waals surface area contributed by atoms with E-state index >= 15 is 0 Å². The molecular formula is C14H29NO2. The molecule has 1 heterocycles. The van der Waals surface area contributed by atoms with Crippen molar-refractivity contribution in [1.29, 1.82) is 0 Å². The molecule has 3 heteroatoms. The summed E-state index contributed by atoms with van der Waals surface area (Å²) < 4.78 is 11.2. The van der Waals surface area contributed by atoms with Gasteiger partial charge < -0.3 is 9.47 Å². The zero-order chi connectivity index (χ0) is 12.7. The van der Waals surface area contributed by atoms with Gasteiger partial charge in [-0.15, -0.1) is 0 Å². The van der Waals surface area contributed by atoms with Gasteiger partial charge in [-0.3, -0.25) is 4.90 Å². The van der Waals surface area contributed by atoms with Crippen LogP contribution >= 0.6 is 0 Å². The van der Waals surface area contributed by atoms with Crippen molar-refractivity contribution >= 4 is 0 Å². The first-order valence-electron chi connectivity index (χ1n) is 7.18. The Morgan fingerprint density at radius 1 is 1.06 bits per heavy atom. The van der Waals surface area contributed by atoms with Crippen LogP contribution < -0.4 is 0 Å². The van der Waals surface area contributed by atoms with Crippen LogP contribution in [0.25, 0.3) is 0 Å². The summed E-state index contributed by atoms with van der Waals surface area (Å²) in [5.74, 6) is 0. The minimum atomic E-state index is -0.0219. The number of nitrogens with zero attached hydrogens (tertiary/aromatic N) is 1. The minimum absolute atomic E-state index is 0.0219. The molecule has 0 N–H and O–H groups in total. The van der Waals surface area contributed by atoms with Crippen LogP contribution in [0.2, 0.25) is 0 Å². The highest BCUT2D eigenvalue weighted by molar-refractivity contribution is 4.79. The second-order valence-corrected chi connectivity index (χ2v) is 5.00. The summed E-state index contributed by atoms with van der Waals surface area (Å²) in [5.41, 5.74) is 0. The summed E-state index contributed by atoms with van der Waals surface area (Å²) >= 11 is 0. The van der Waals surface area contributed by atoms with Crippen molar-refractivity contribution in [2.75, 3.05) is 19.8 Å². The van der Waals surface area contributed by atoms with Crippen LogP contribution in [0.15, 0.2) is 0 Å². The first-order chi connectivity index (χ1) is 8.19. The van der Waals surface area contributed by atoms with Crippen molar-refractivity contribution < 1.29 is 9.47 Å². The maximum absolute atomic E-state index is 5.60. The van der Waals surface area contributed by atoms with Crippen molar-refractivity contribution in [1.82, 2.24) is 4.90 Å². The van der Waals surface area contributed by atoms with E-state index < -0.39 is 0 Å². The predicted molar refractivity (Wildman–Crippen MR) is 71.1 cm³/mol.